The Balaban J connectivity index is 1.87. The zero-order valence-corrected chi connectivity index (χ0v) is 15.0. The summed E-state index contributed by atoms with van der Waals surface area (Å²) in [6.45, 7) is 0. The van der Waals surface area contributed by atoms with Crippen LogP contribution in [0, 0.1) is 0 Å². The first-order valence-corrected chi connectivity index (χ1v) is 8.67. The number of nitrogens with one attached hydrogen (secondary N) is 1. The van der Waals surface area contributed by atoms with Crippen molar-refractivity contribution in [1.82, 2.24) is 4.98 Å². The van der Waals surface area contributed by atoms with Gasteiger partial charge >= 0.3 is 0 Å². The number of nitrogens with zero attached hydrogens (tertiary/aromatic N) is 1. The Morgan fingerprint density at radius 1 is 0.885 bits per heavy atom. The van der Waals surface area contributed by atoms with E-state index in [1.165, 1.54) is 0 Å². The van der Waals surface area contributed by atoms with E-state index in [2.05, 4.69) is 23.5 Å². The van der Waals surface area contributed by atoms with Crippen LogP contribution >= 0.6 is 11.6 Å². The summed E-state index contributed by atoms with van der Waals surface area (Å²) in [6, 6.07) is 25.8. The Kier molecular flexibility index (Phi) is 4.46. The number of aromatic nitrogens is 1. The molecule has 0 saturated heterocycles. The normalized spacial score (nSPS) is 10.7. The van der Waals surface area contributed by atoms with Crippen molar-refractivity contribution in [2.24, 2.45) is 0 Å². The number of halogens is 1. The van der Waals surface area contributed by atoms with Gasteiger partial charge in [0.05, 0.1) is 24.0 Å². The maximum Gasteiger partial charge on any atom is 0.119 e. The monoisotopic (exact) mass is 360 g/mol. The molecule has 0 fully saturated rings. The van der Waals surface area contributed by atoms with Crippen LogP contribution in [-0.2, 0) is 0 Å². The summed E-state index contributed by atoms with van der Waals surface area (Å²) in [5, 5.41) is 5.19. The van der Waals surface area contributed by atoms with Crippen LogP contribution in [0.4, 0.5) is 11.4 Å². The van der Waals surface area contributed by atoms with E-state index in [1.54, 1.807) is 7.11 Å². The molecule has 0 aliphatic rings. The van der Waals surface area contributed by atoms with Crippen LogP contribution in [0.2, 0.25) is 5.02 Å². The Morgan fingerprint density at radius 3 is 2.38 bits per heavy atom. The molecule has 1 N–H and O–H groups in total. The highest BCUT2D eigenvalue weighted by atomic mass is 35.5. The molecule has 4 heteroatoms. The van der Waals surface area contributed by atoms with Crippen LogP contribution in [-0.4, -0.2) is 12.1 Å². The summed E-state index contributed by atoms with van der Waals surface area (Å²) < 4.78 is 5.39. The highest BCUT2D eigenvalue weighted by molar-refractivity contribution is 6.30. The maximum absolute atomic E-state index is 6.00. The SMILES string of the molecule is COc1ccc2nc(-c3ccccc3)cc(Nc3ccc(Cl)cc3)c2c1. The van der Waals surface area contributed by atoms with Crippen molar-refractivity contribution < 1.29 is 4.74 Å². The van der Waals surface area contributed by atoms with Crippen molar-refractivity contribution in [2.45, 2.75) is 0 Å². The highest BCUT2D eigenvalue weighted by Crippen LogP contribution is 2.32. The number of benzene rings is 3. The molecule has 0 bridgehead atoms. The van der Waals surface area contributed by atoms with Crippen molar-refractivity contribution in [1.29, 1.82) is 0 Å². The van der Waals surface area contributed by atoms with Crippen LogP contribution in [0.3, 0.4) is 0 Å². The second kappa shape index (κ2) is 7.06. The van der Waals surface area contributed by atoms with Gasteiger partial charge in [-0.15, -0.1) is 0 Å². The lowest BCUT2D eigenvalue weighted by atomic mass is 10.1. The van der Waals surface area contributed by atoms with Gasteiger partial charge in [-0.05, 0) is 48.5 Å². The molecule has 1 aromatic heterocycles. The van der Waals surface area contributed by atoms with Gasteiger partial charge in [0, 0.05) is 21.7 Å². The molecule has 0 saturated carbocycles. The number of rotatable bonds is 4. The van der Waals surface area contributed by atoms with Gasteiger partial charge in [-0.1, -0.05) is 41.9 Å². The molecule has 128 valence electrons. The summed E-state index contributed by atoms with van der Waals surface area (Å²) in [5.41, 5.74) is 4.83. The van der Waals surface area contributed by atoms with Gasteiger partial charge in [0.2, 0.25) is 0 Å². The van der Waals surface area contributed by atoms with Crippen LogP contribution < -0.4 is 10.1 Å². The molecule has 0 amide bonds. The zero-order valence-electron chi connectivity index (χ0n) is 14.2. The molecule has 0 aliphatic carbocycles. The number of pyridine rings is 1. The third-order valence-corrected chi connectivity index (χ3v) is 4.46. The minimum atomic E-state index is 0.710. The lowest BCUT2D eigenvalue weighted by molar-refractivity contribution is 0.415. The quantitative estimate of drug-likeness (QED) is 0.463. The molecule has 4 aromatic rings. The van der Waals surface area contributed by atoms with E-state index >= 15 is 0 Å². The molecule has 0 atom stereocenters. The summed E-state index contributed by atoms with van der Waals surface area (Å²) in [4.78, 5) is 4.82. The van der Waals surface area contributed by atoms with Crippen molar-refractivity contribution in [2.75, 3.05) is 12.4 Å². The van der Waals surface area contributed by atoms with Crippen molar-refractivity contribution >= 4 is 33.9 Å². The minimum absolute atomic E-state index is 0.710. The van der Waals surface area contributed by atoms with E-state index in [-0.39, 0.29) is 0 Å². The lowest BCUT2D eigenvalue weighted by Gasteiger charge is -2.13. The first-order valence-electron chi connectivity index (χ1n) is 8.30. The second-order valence-corrected chi connectivity index (χ2v) is 6.37. The van der Waals surface area contributed by atoms with Crippen molar-refractivity contribution in [3.05, 3.63) is 83.9 Å². The molecule has 3 aromatic carbocycles. The Bertz CT molecular complexity index is 1050. The first-order chi connectivity index (χ1) is 12.7. The average Bonchev–Trinajstić information content (AvgIpc) is 2.70. The summed E-state index contributed by atoms with van der Waals surface area (Å²) in [6.07, 6.45) is 0. The average molecular weight is 361 g/mol. The van der Waals surface area contributed by atoms with E-state index in [0.29, 0.717) is 5.02 Å². The standard InChI is InChI=1S/C22H17ClN2O/c1-26-18-11-12-20-19(13-18)22(24-17-9-7-16(23)8-10-17)14-21(25-20)15-5-3-2-4-6-15/h2-14H,1H3,(H,24,25). The third-order valence-electron chi connectivity index (χ3n) is 4.21. The van der Waals surface area contributed by atoms with Crippen LogP contribution in [0.15, 0.2) is 78.9 Å². The van der Waals surface area contributed by atoms with Crippen LogP contribution in [0.25, 0.3) is 22.2 Å². The Hall–Kier alpha value is -3.04. The molecular formula is C22H17ClN2O. The van der Waals surface area contributed by atoms with Crippen LogP contribution in [0.1, 0.15) is 0 Å². The van der Waals surface area contributed by atoms with Gasteiger partial charge in [-0.3, -0.25) is 0 Å². The number of hydrogen-bond acceptors (Lipinski definition) is 3. The van der Waals surface area contributed by atoms with E-state index in [1.807, 2.05) is 60.7 Å². The van der Waals surface area contributed by atoms with E-state index in [0.717, 1.165) is 39.3 Å². The van der Waals surface area contributed by atoms with Gasteiger partial charge in [-0.25, -0.2) is 4.98 Å². The molecular weight excluding hydrogens is 344 g/mol. The second-order valence-electron chi connectivity index (χ2n) is 5.94. The number of anilines is 2. The lowest BCUT2D eigenvalue weighted by Crippen LogP contribution is -1.95. The van der Waals surface area contributed by atoms with Gasteiger partial charge in [-0.2, -0.15) is 0 Å². The topological polar surface area (TPSA) is 34.1 Å². The Labute approximate surface area is 157 Å². The highest BCUT2D eigenvalue weighted by Gasteiger charge is 2.09. The number of methoxy groups -OCH3 is 1. The summed E-state index contributed by atoms with van der Waals surface area (Å²) in [5.74, 6) is 0.797. The molecule has 3 nitrogen and oxygen atoms in total. The molecule has 0 unspecified atom stereocenters. The van der Waals surface area contributed by atoms with Gasteiger partial charge in [0.25, 0.3) is 0 Å². The molecule has 0 spiro atoms. The van der Waals surface area contributed by atoms with E-state index < -0.39 is 0 Å². The Morgan fingerprint density at radius 2 is 1.65 bits per heavy atom. The number of ether oxygens (including phenoxy) is 1. The minimum Gasteiger partial charge on any atom is -0.497 e. The molecule has 0 radical (unpaired) electrons. The van der Waals surface area contributed by atoms with E-state index in [4.69, 9.17) is 21.3 Å². The number of fused-ring (bicyclic) bond motifs is 1. The largest absolute Gasteiger partial charge is 0.497 e. The van der Waals surface area contributed by atoms with E-state index in [9.17, 15) is 0 Å². The molecule has 4 rings (SSSR count). The molecule has 1 heterocycles. The third kappa shape index (κ3) is 3.35. The van der Waals surface area contributed by atoms with Crippen molar-refractivity contribution in [3.63, 3.8) is 0 Å². The zero-order chi connectivity index (χ0) is 17.9. The van der Waals surface area contributed by atoms with Crippen LogP contribution in [0.5, 0.6) is 5.75 Å². The molecule has 26 heavy (non-hydrogen) atoms. The fraction of sp³-hybridized carbons (Fsp3) is 0.0455. The van der Waals surface area contributed by atoms with Gasteiger partial charge in [0.15, 0.2) is 0 Å². The van der Waals surface area contributed by atoms with Crippen molar-refractivity contribution in [3.8, 4) is 17.0 Å². The first kappa shape index (κ1) is 16.4. The predicted octanol–water partition coefficient (Wildman–Crippen LogP) is 6.31. The predicted molar refractivity (Wildman–Crippen MR) is 108 cm³/mol. The fourth-order valence-electron chi connectivity index (χ4n) is 2.88. The maximum atomic E-state index is 6.00. The van der Waals surface area contributed by atoms with Gasteiger partial charge in [0.1, 0.15) is 5.75 Å². The smallest absolute Gasteiger partial charge is 0.119 e. The fourth-order valence-corrected chi connectivity index (χ4v) is 3.01. The summed E-state index contributed by atoms with van der Waals surface area (Å²) in [7, 11) is 1.67. The summed E-state index contributed by atoms with van der Waals surface area (Å²) >= 11 is 6.00. The molecule has 0 aliphatic heterocycles. The van der Waals surface area contributed by atoms with Gasteiger partial charge < -0.3 is 10.1 Å². The number of hydrogen-bond donors (Lipinski definition) is 1.